The van der Waals surface area contributed by atoms with Gasteiger partial charge in [0.1, 0.15) is 5.76 Å². The number of rotatable bonds is 8. The second-order valence-corrected chi connectivity index (χ2v) is 7.23. The predicted molar refractivity (Wildman–Crippen MR) is 107 cm³/mol. The molecule has 0 saturated heterocycles. The van der Waals surface area contributed by atoms with Gasteiger partial charge in [-0.3, -0.25) is 9.59 Å². The molecule has 1 aromatic carbocycles. The predicted octanol–water partition coefficient (Wildman–Crippen LogP) is 2.50. The molecule has 0 aliphatic heterocycles. The smallest absolute Gasteiger partial charge is 0.235 e. The minimum Gasteiger partial charge on any atom is -0.360 e. The van der Waals surface area contributed by atoms with Gasteiger partial charge in [0, 0.05) is 31.4 Å². The number of nitrogens with one attached hydrogen (secondary N) is 1. The molecule has 2 heterocycles. The van der Waals surface area contributed by atoms with Crippen molar-refractivity contribution < 1.29 is 14.1 Å². The Balaban J connectivity index is 1.42. The zero-order chi connectivity index (χ0) is 19.9. The average molecular weight is 399 g/mol. The van der Waals surface area contributed by atoms with Crippen LogP contribution >= 0.6 is 11.8 Å². The van der Waals surface area contributed by atoms with Gasteiger partial charge < -0.3 is 14.7 Å². The van der Waals surface area contributed by atoms with Gasteiger partial charge in [-0.05, 0) is 19.1 Å². The van der Waals surface area contributed by atoms with Crippen molar-refractivity contribution in [3.05, 3.63) is 60.1 Å². The Bertz CT molecular complexity index is 938. The maximum atomic E-state index is 12.3. The van der Waals surface area contributed by atoms with Crippen molar-refractivity contribution in [1.82, 2.24) is 19.8 Å². The Morgan fingerprint density at radius 2 is 2.04 bits per heavy atom. The van der Waals surface area contributed by atoms with Crippen LogP contribution in [-0.4, -0.2) is 50.2 Å². The molecular formula is C19H21N5O3S. The monoisotopic (exact) mass is 399 g/mol. The first-order valence-electron chi connectivity index (χ1n) is 8.65. The Morgan fingerprint density at radius 3 is 2.75 bits per heavy atom. The molecule has 2 amide bonds. The first-order chi connectivity index (χ1) is 13.5. The number of aromatic nitrogens is 3. The summed E-state index contributed by atoms with van der Waals surface area (Å²) < 4.78 is 6.66. The molecule has 0 bridgehead atoms. The first kappa shape index (κ1) is 19.7. The number of carbonyl (C=O) groups is 2. The summed E-state index contributed by atoms with van der Waals surface area (Å²) in [6, 6.07) is 11.4. The molecule has 2 aromatic heterocycles. The molecule has 0 aliphatic rings. The van der Waals surface area contributed by atoms with E-state index in [1.807, 2.05) is 36.5 Å². The molecule has 0 atom stereocenters. The lowest BCUT2D eigenvalue weighted by atomic mass is 10.3. The second-order valence-electron chi connectivity index (χ2n) is 6.24. The summed E-state index contributed by atoms with van der Waals surface area (Å²) in [4.78, 5) is 25.8. The Labute approximate surface area is 166 Å². The molecule has 0 saturated carbocycles. The highest BCUT2D eigenvalue weighted by atomic mass is 32.2. The first-order valence-corrected chi connectivity index (χ1v) is 9.80. The van der Waals surface area contributed by atoms with Crippen LogP contribution in [0.25, 0.3) is 5.69 Å². The summed E-state index contributed by atoms with van der Waals surface area (Å²) in [6.07, 6.45) is 3.65. The highest BCUT2D eigenvalue weighted by Gasteiger charge is 2.13. The number of anilines is 1. The highest BCUT2D eigenvalue weighted by Crippen LogP contribution is 2.11. The Morgan fingerprint density at radius 1 is 1.25 bits per heavy atom. The number of amides is 2. The third kappa shape index (κ3) is 5.46. The van der Waals surface area contributed by atoms with Gasteiger partial charge in [-0.2, -0.15) is 5.10 Å². The Kier molecular flexibility index (Phi) is 6.49. The van der Waals surface area contributed by atoms with Gasteiger partial charge in [0.05, 0.1) is 23.4 Å². The van der Waals surface area contributed by atoms with Crippen LogP contribution in [0.15, 0.2) is 53.3 Å². The number of thioether (sulfide) groups is 1. The summed E-state index contributed by atoms with van der Waals surface area (Å²) in [5.74, 6) is 1.10. The largest absolute Gasteiger partial charge is 0.360 e. The van der Waals surface area contributed by atoms with Crippen molar-refractivity contribution in [3.63, 3.8) is 0 Å². The lowest BCUT2D eigenvalue weighted by Crippen LogP contribution is -2.28. The van der Waals surface area contributed by atoms with Crippen molar-refractivity contribution in [2.24, 2.45) is 0 Å². The summed E-state index contributed by atoms with van der Waals surface area (Å²) in [5.41, 5.74) is 1.90. The number of para-hydroxylation sites is 1. The summed E-state index contributed by atoms with van der Waals surface area (Å²) in [7, 11) is 1.74. The van der Waals surface area contributed by atoms with Crippen LogP contribution in [-0.2, 0) is 16.1 Å². The quantitative estimate of drug-likeness (QED) is 0.626. The topological polar surface area (TPSA) is 93.3 Å². The van der Waals surface area contributed by atoms with Crippen molar-refractivity contribution >= 4 is 29.4 Å². The number of carbonyl (C=O) groups excluding carboxylic acids is 2. The number of hydrogen-bond donors (Lipinski definition) is 1. The molecule has 1 N–H and O–H groups in total. The van der Waals surface area contributed by atoms with E-state index in [2.05, 4.69) is 15.6 Å². The Hall–Kier alpha value is -3.07. The maximum absolute atomic E-state index is 12.3. The van der Waals surface area contributed by atoms with Crippen LogP contribution in [0.5, 0.6) is 0 Å². The molecule has 3 rings (SSSR count). The molecule has 0 aliphatic carbocycles. The molecule has 8 nitrogen and oxygen atoms in total. The van der Waals surface area contributed by atoms with E-state index < -0.39 is 0 Å². The molecule has 0 fully saturated rings. The minimum atomic E-state index is -0.224. The van der Waals surface area contributed by atoms with Crippen molar-refractivity contribution in [3.8, 4) is 5.69 Å². The average Bonchev–Trinajstić information content (AvgIpc) is 3.31. The summed E-state index contributed by atoms with van der Waals surface area (Å²) >= 11 is 1.25. The van der Waals surface area contributed by atoms with Crippen LogP contribution in [0, 0.1) is 6.92 Å². The highest BCUT2D eigenvalue weighted by molar-refractivity contribution is 8.00. The van der Waals surface area contributed by atoms with E-state index in [4.69, 9.17) is 4.52 Å². The lowest BCUT2D eigenvalue weighted by molar-refractivity contribution is -0.127. The number of benzene rings is 1. The third-order valence-corrected chi connectivity index (χ3v) is 4.77. The second kappa shape index (κ2) is 9.23. The fourth-order valence-corrected chi connectivity index (χ4v) is 3.23. The molecule has 0 spiro atoms. The van der Waals surface area contributed by atoms with Crippen LogP contribution in [0.1, 0.15) is 11.3 Å². The molecular weight excluding hydrogens is 378 g/mol. The van der Waals surface area contributed by atoms with E-state index in [9.17, 15) is 9.59 Å². The normalized spacial score (nSPS) is 10.6. The van der Waals surface area contributed by atoms with Gasteiger partial charge >= 0.3 is 0 Å². The molecule has 28 heavy (non-hydrogen) atoms. The number of nitrogens with zero attached hydrogens (tertiary/aromatic N) is 4. The van der Waals surface area contributed by atoms with Crippen LogP contribution in [0.3, 0.4) is 0 Å². The van der Waals surface area contributed by atoms with E-state index in [1.54, 1.807) is 35.8 Å². The van der Waals surface area contributed by atoms with Gasteiger partial charge in [-0.15, -0.1) is 11.8 Å². The van der Waals surface area contributed by atoms with Gasteiger partial charge in [-0.1, -0.05) is 23.4 Å². The fourth-order valence-electron chi connectivity index (χ4n) is 2.47. The number of aryl methyl sites for hydroxylation is 1. The van der Waals surface area contributed by atoms with E-state index >= 15 is 0 Å². The number of hydrogen-bond acceptors (Lipinski definition) is 6. The van der Waals surface area contributed by atoms with Gasteiger partial charge in [0.2, 0.25) is 11.8 Å². The molecule has 146 valence electrons. The SMILES string of the molecule is Cc1cc(NC(=O)CSCC(=O)N(C)Cc2cnn(-c3ccccc3)c2)no1. The lowest BCUT2D eigenvalue weighted by Gasteiger charge is -2.15. The van der Waals surface area contributed by atoms with E-state index in [0.29, 0.717) is 18.1 Å². The van der Waals surface area contributed by atoms with Gasteiger partial charge in [0.15, 0.2) is 5.82 Å². The van der Waals surface area contributed by atoms with Crippen LogP contribution in [0.4, 0.5) is 5.82 Å². The van der Waals surface area contributed by atoms with Crippen molar-refractivity contribution in [2.45, 2.75) is 13.5 Å². The third-order valence-electron chi connectivity index (χ3n) is 3.86. The zero-order valence-electron chi connectivity index (χ0n) is 15.7. The standard InChI is InChI=1S/C19H21N5O3S/c1-14-8-17(22-27-14)21-18(25)12-28-13-19(26)23(2)10-15-9-20-24(11-15)16-6-4-3-5-7-16/h3-9,11H,10,12-13H2,1-2H3,(H,21,22,25). The summed E-state index contributed by atoms with van der Waals surface area (Å²) in [5, 5.41) is 10.7. The van der Waals surface area contributed by atoms with Crippen LogP contribution in [0.2, 0.25) is 0 Å². The molecule has 9 heteroatoms. The zero-order valence-corrected chi connectivity index (χ0v) is 16.5. The van der Waals surface area contributed by atoms with E-state index in [1.165, 1.54) is 11.8 Å². The minimum absolute atomic E-state index is 0.0532. The van der Waals surface area contributed by atoms with E-state index in [-0.39, 0.29) is 23.3 Å². The molecule has 3 aromatic rings. The van der Waals surface area contributed by atoms with Crippen molar-refractivity contribution in [1.29, 1.82) is 0 Å². The maximum Gasteiger partial charge on any atom is 0.235 e. The molecule has 0 unspecified atom stereocenters. The van der Waals surface area contributed by atoms with Gasteiger partial charge in [-0.25, -0.2) is 4.68 Å². The van der Waals surface area contributed by atoms with E-state index in [0.717, 1.165) is 11.3 Å². The van der Waals surface area contributed by atoms with Gasteiger partial charge in [0.25, 0.3) is 0 Å². The van der Waals surface area contributed by atoms with Crippen molar-refractivity contribution in [2.75, 3.05) is 23.9 Å². The fraction of sp³-hybridized carbons (Fsp3) is 0.263. The van der Waals surface area contributed by atoms with Crippen LogP contribution < -0.4 is 5.32 Å². The molecule has 0 radical (unpaired) electrons. The summed E-state index contributed by atoms with van der Waals surface area (Å²) in [6.45, 7) is 2.20.